The molecule has 540 valence electrons. The number of hydrogen-bond donors (Lipinski definition) is 18. The van der Waals surface area contributed by atoms with Crippen molar-refractivity contribution in [3.8, 4) is 5.75 Å². The number of carboxylic acids is 5. The molecule has 0 spiro atoms. The monoisotopic (exact) mass is 1420 g/mol. The lowest BCUT2D eigenvalue weighted by Crippen LogP contribution is -2.62. The highest BCUT2D eigenvalue weighted by atomic mass is 33.1. The minimum Gasteiger partial charge on any atom is -0.508 e. The van der Waals surface area contributed by atoms with Gasteiger partial charge in [-0.1, -0.05) is 82.3 Å². The van der Waals surface area contributed by atoms with Crippen LogP contribution in [-0.4, -0.2) is 275 Å². The normalized spacial score (nSPS) is 19.6. The summed E-state index contributed by atoms with van der Waals surface area (Å²) in [7, 11) is 1.57. The van der Waals surface area contributed by atoms with Crippen LogP contribution >= 0.6 is 21.6 Å². The van der Waals surface area contributed by atoms with E-state index in [4.69, 9.17) is 5.73 Å². The maximum Gasteiger partial charge on any atom is 0.328 e. The van der Waals surface area contributed by atoms with Crippen LogP contribution < -0.4 is 48.3 Å². The second kappa shape index (κ2) is 40.5. The second-order valence-electron chi connectivity index (χ2n) is 23.5. The van der Waals surface area contributed by atoms with Crippen molar-refractivity contribution in [2.75, 3.05) is 77.0 Å². The molecule has 5 rings (SSSR count). The molecule has 0 radical (unpaired) electrons. The van der Waals surface area contributed by atoms with Crippen molar-refractivity contribution in [3.05, 3.63) is 102 Å². The van der Waals surface area contributed by atoms with Crippen LogP contribution in [0.5, 0.6) is 5.75 Å². The number of rotatable bonds is 34. The van der Waals surface area contributed by atoms with Crippen LogP contribution in [0.4, 0.5) is 0 Å². The van der Waals surface area contributed by atoms with Gasteiger partial charge in [0.25, 0.3) is 0 Å². The van der Waals surface area contributed by atoms with Crippen molar-refractivity contribution in [1.82, 2.24) is 62.2 Å². The molecule has 2 heterocycles. The highest BCUT2D eigenvalue weighted by Crippen LogP contribution is 2.25. The third-order valence-corrected chi connectivity index (χ3v) is 17.9. The Hall–Kier alpha value is -9.43. The molecule has 3 aromatic carbocycles. The molecule has 36 heteroatoms. The quantitative estimate of drug-likeness (QED) is 0.0159. The standard InChI is InChI=1S/C63H85N13O21S2/c1-35(77)54-62(95)71-48(61(94)73-55(36(2)78)63(96)97)34-99-98-33-47(70-57(90)44(24-37-10-4-3-5-11-37)66-49(80)28-75(30-51(83)84)22-20-74(29-50(81)82)21-23-76(31-52(85)86)32-53(87)88)60(93)68-45(25-38-15-17-40(79)18-16-38)58(91)69-46(26-39-27-65-42-13-7-6-12-41(39)42)59(92)67-43(56(89)72-54)14-8-9-19-64/h3-7,10-13,15-18,27,35-36,43-48,54-55,65,77-79H,8-9,14,19-26,28-34,64H2,1-2H3,(H,66,80)(H,67,92)(H,68,93)(H,69,91)(H,70,90)(H,71,95)(H,72,89)(H,73,94)(H,81,82)(H,83,84)(H,85,86)(H,87,88)(H,96,97)/t35-,36-,43+,44+,45+,46+,47+,48+,54+,55+/m1/s1. The number of para-hydroxylation sites is 1. The first kappa shape index (κ1) is 80.3. The molecule has 0 saturated carbocycles. The molecule has 1 saturated heterocycles. The number of aromatic hydroxyl groups is 1. The molecule has 34 nitrogen and oxygen atoms in total. The minimum absolute atomic E-state index is 0.106. The van der Waals surface area contributed by atoms with E-state index in [2.05, 4.69) is 47.5 Å². The van der Waals surface area contributed by atoms with Gasteiger partial charge in [-0.15, -0.1) is 0 Å². The first-order valence-electron chi connectivity index (χ1n) is 31.4. The van der Waals surface area contributed by atoms with Gasteiger partial charge < -0.3 is 94.1 Å². The Kier molecular flexibility index (Phi) is 32.8. The number of fused-ring (bicyclic) bond motifs is 1. The van der Waals surface area contributed by atoms with Crippen LogP contribution in [0.15, 0.2) is 85.1 Å². The van der Waals surface area contributed by atoms with Crippen molar-refractivity contribution in [2.24, 2.45) is 5.73 Å². The van der Waals surface area contributed by atoms with Crippen molar-refractivity contribution in [2.45, 2.75) is 113 Å². The molecule has 0 unspecified atom stereocenters. The van der Waals surface area contributed by atoms with Crippen LogP contribution in [0.3, 0.4) is 0 Å². The summed E-state index contributed by atoms with van der Waals surface area (Å²) in [6, 6.07) is 7.10. The van der Waals surface area contributed by atoms with Crippen LogP contribution in [0, 0.1) is 0 Å². The molecule has 1 aliphatic rings. The van der Waals surface area contributed by atoms with Gasteiger partial charge >= 0.3 is 29.8 Å². The van der Waals surface area contributed by atoms with Gasteiger partial charge in [-0.25, -0.2) is 4.79 Å². The van der Waals surface area contributed by atoms with Gasteiger partial charge in [0.05, 0.1) is 44.9 Å². The molecule has 0 aliphatic carbocycles. The van der Waals surface area contributed by atoms with Gasteiger partial charge in [0.1, 0.15) is 48.0 Å². The maximum absolute atomic E-state index is 15.2. The largest absolute Gasteiger partial charge is 0.508 e. The van der Waals surface area contributed by atoms with E-state index in [9.17, 15) is 93.6 Å². The van der Waals surface area contributed by atoms with Crippen molar-refractivity contribution < 1.29 is 103 Å². The summed E-state index contributed by atoms with van der Waals surface area (Å²) >= 11 is 0. The SMILES string of the molecule is C[C@@H](O)[C@H](NC(=O)[C@@H]1CSSC[C@H](NC(=O)[C@H](Cc2ccccc2)NC(=O)CN(CCN(CCN(CC(=O)O)CC(=O)O)CC(=O)O)CC(=O)O)C(=O)N[C@@H](Cc2ccc(O)cc2)C(=O)N[C@@H](Cc2c[nH]c3ccccc23)C(=O)N[C@@H](CCCCN)C(=O)N[C@@H]([C@@H](C)O)C(=O)N1)C(=O)O. The molecule has 99 heavy (non-hydrogen) atoms. The van der Waals surface area contributed by atoms with Crippen molar-refractivity contribution in [1.29, 1.82) is 0 Å². The lowest BCUT2D eigenvalue weighted by Gasteiger charge is -2.29. The first-order chi connectivity index (χ1) is 47.0. The Morgan fingerprint density at radius 2 is 1.12 bits per heavy atom. The minimum atomic E-state index is -1.93. The van der Waals surface area contributed by atoms with E-state index in [-0.39, 0.29) is 70.6 Å². The number of phenolic OH excluding ortho intramolecular Hbond substituents is 1. The Morgan fingerprint density at radius 3 is 1.71 bits per heavy atom. The molecule has 4 aromatic rings. The molecular weight excluding hydrogens is 1340 g/mol. The van der Waals surface area contributed by atoms with E-state index >= 15 is 9.59 Å². The molecule has 1 fully saturated rings. The van der Waals surface area contributed by atoms with E-state index in [0.717, 1.165) is 45.2 Å². The summed E-state index contributed by atoms with van der Waals surface area (Å²) in [5.41, 5.74) is 7.79. The third kappa shape index (κ3) is 27.8. The fourth-order valence-electron chi connectivity index (χ4n) is 10.3. The van der Waals surface area contributed by atoms with E-state index in [1.165, 1.54) is 29.2 Å². The van der Waals surface area contributed by atoms with Crippen molar-refractivity contribution in [3.63, 3.8) is 0 Å². The summed E-state index contributed by atoms with van der Waals surface area (Å²) in [4.78, 5) is 183. The number of phenols is 1. The third-order valence-electron chi connectivity index (χ3n) is 15.5. The van der Waals surface area contributed by atoms with Crippen LogP contribution in [0.2, 0.25) is 0 Å². The highest BCUT2D eigenvalue weighted by Gasteiger charge is 2.38. The summed E-state index contributed by atoms with van der Waals surface area (Å²) in [6.45, 7) is -2.24. The predicted molar refractivity (Wildman–Crippen MR) is 358 cm³/mol. The number of carbonyl (C=O) groups is 13. The smallest absolute Gasteiger partial charge is 0.328 e. The Balaban J connectivity index is 1.59. The number of carboxylic acid groups (broad SMARTS) is 5. The fourth-order valence-corrected chi connectivity index (χ4v) is 12.7. The van der Waals surface area contributed by atoms with Crippen molar-refractivity contribution >= 4 is 110 Å². The number of amides is 8. The number of nitrogens with two attached hydrogens (primary N) is 1. The van der Waals surface area contributed by atoms with Gasteiger partial charge in [0.2, 0.25) is 47.3 Å². The zero-order chi connectivity index (χ0) is 72.9. The molecule has 1 aliphatic heterocycles. The van der Waals surface area contributed by atoms with Gasteiger partial charge in [-0.05, 0) is 74.5 Å². The van der Waals surface area contributed by atoms with Gasteiger partial charge in [-0.3, -0.25) is 72.2 Å². The average molecular weight is 1420 g/mol. The molecule has 0 bridgehead atoms. The lowest BCUT2D eigenvalue weighted by atomic mass is 10.0. The van der Waals surface area contributed by atoms with E-state index in [0.29, 0.717) is 34.0 Å². The van der Waals surface area contributed by atoms with Crippen LogP contribution in [-0.2, 0) is 81.6 Å². The van der Waals surface area contributed by atoms with Crippen LogP contribution in [0.1, 0.15) is 49.8 Å². The van der Waals surface area contributed by atoms with E-state index < -0.39 is 182 Å². The number of aromatic amines is 1. The number of aliphatic carboxylic acids is 5. The molecule has 10 atom stereocenters. The number of aliphatic hydroxyl groups excluding tert-OH is 2. The Morgan fingerprint density at radius 1 is 0.586 bits per heavy atom. The highest BCUT2D eigenvalue weighted by molar-refractivity contribution is 8.76. The van der Waals surface area contributed by atoms with Gasteiger partial charge in [0, 0.05) is 74.0 Å². The van der Waals surface area contributed by atoms with E-state index in [1.54, 1.807) is 60.8 Å². The molecular formula is C63H85N13O21S2. The molecule has 8 amide bonds. The number of H-pyrrole nitrogens is 1. The number of benzene rings is 3. The van der Waals surface area contributed by atoms with Gasteiger partial charge in [0.15, 0.2) is 6.04 Å². The summed E-state index contributed by atoms with van der Waals surface area (Å²) in [5.74, 6) is -16.7. The number of nitrogens with one attached hydrogen (secondary N) is 9. The Labute approximate surface area is 575 Å². The number of nitrogens with zero attached hydrogens (tertiary/aromatic N) is 3. The Bertz CT molecular complexity index is 3420. The number of hydrogen-bond acceptors (Lipinski definition) is 22. The number of unbranched alkanes of at least 4 members (excludes halogenated alkanes) is 1. The molecule has 1 aromatic heterocycles. The zero-order valence-electron chi connectivity index (χ0n) is 54.2. The number of aromatic nitrogens is 1. The first-order valence-corrected chi connectivity index (χ1v) is 33.9. The number of carbonyl (C=O) groups excluding carboxylic acids is 8. The summed E-state index contributed by atoms with van der Waals surface area (Å²) in [5, 5.41) is 101. The average Bonchev–Trinajstić information content (AvgIpc) is 1.79. The zero-order valence-corrected chi connectivity index (χ0v) is 55.8. The predicted octanol–water partition coefficient (Wildman–Crippen LogP) is -3.61. The lowest BCUT2D eigenvalue weighted by molar-refractivity contribution is -0.145. The van der Waals surface area contributed by atoms with Gasteiger partial charge in [-0.2, -0.15) is 0 Å². The topological polar surface area (TPSA) is 532 Å². The second-order valence-corrected chi connectivity index (χ2v) is 26.0. The fraction of sp³-hybridized carbons (Fsp3) is 0.476. The molecule has 19 N–H and O–H groups in total. The van der Waals surface area contributed by atoms with E-state index in [1.807, 2.05) is 0 Å². The maximum atomic E-state index is 15.2. The number of aliphatic hydroxyl groups is 2. The summed E-state index contributed by atoms with van der Waals surface area (Å²) in [6.07, 6.45) is -2.19. The van der Waals surface area contributed by atoms with Crippen LogP contribution in [0.25, 0.3) is 10.9 Å². The summed E-state index contributed by atoms with van der Waals surface area (Å²) < 4.78 is 0.